The Balaban J connectivity index is 1.80. The highest BCUT2D eigenvalue weighted by Crippen LogP contribution is 2.35. The first-order chi connectivity index (χ1) is 12.1. The van der Waals surface area contributed by atoms with E-state index in [4.69, 9.17) is 0 Å². The molecule has 0 N–H and O–H groups in total. The van der Waals surface area contributed by atoms with Gasteiger partial charge < -0.3 is 0 Å². The van der Waals surface area contributed by atoms with Crippen LogP contribution in [0.3, 0.4) is 0 Å². The third-order valence-electron chi connectivity index (χ3n) is 3.98. The van der Waals surface area contributed by atoms with Gasteiger partial charge in [-0.2, -0.15) is 0 Å². The Morgan fingerprint density at radius 2 is 1.72 bits per heavy atom. The fourth-order valence-electron chi connectivity index (χ4n) is 2.59. The Morgan fingerprint density at radius 3 is 2.36 bits per heavy atom. The molecule has 3 rings (SSSR count). The van der Waals surface area contributed by atoms with Gasteiger partial charge in [0.2, 0.25) is 0 Å². The van der Waals surface area contributed by atoms with Crippen LogP contribution in [-0.4, -0.2) is 11.1 Å². The highest BCUT2D eigenvalue weighted by molar-refractivity contribution is 9.10. The molecule has 5 heteroatoms. The molecule has 1 fully saturated rings. The number of rotatable bonds is 5. The second-order valence-corrected chi connectivity index (χ2v) is 7.75. The smallest absolute Gasteiger partial charge is 0.268 e. The van der Waals surface area contributed by atoms with Gasteiger partial charge in [-0.05, 0) is 66.1 Å². The first-order valence-electron chi connectivity index (χ1n) is 8.21. The molecular formula is C20H18BrNO2S. The van der Waals surface area contributed by atoms with Gasteiger partial charge in [-0.25, -0.2) is 4.90 Å². The van der Waals surface area contributed by atoms with Crippen LogP contribution < -0.4 is 4.90 Å². The fraction of sp³-hybridized carbons (Fsp3) is 0.200. The van der Waals surface area contributed by atoms with E-state index in [2.05, 4.69) is 22.9 Å². The molecule has 1 heterocycles. The summed E-state index contributed by atoms with van der Waals surface area (Å²) in [6, 6.07) is 15.3. The number of thioether (sulfide) groups is 1. The topological polar surface area (TPSA) is 37.4 Å². The number of carbonyl (C=O) groups excluding carboxylic acids is 2. The van der Waals surface area contributed by atoms with E-state index in [0.29, 0.717) is 10.6 Å². The van der Waals surface area contributed by atoms with Crippen LogP contribution in [0.15, 0.2) is 57.9 Å². The summed E-state index contributed by atoms with van der Waals surface area (Å²) in [5, 5.41) is -0.255. The lowest BCUT2D eigenvalue weighted by Gasteiger charge is -2.13. The summed E-state index contributed by atoms with van der Waals surface area (Å²) in [6.45, 7) is 2.16. The SMILES string of the molecule is CCCCc1ccc(N2C(=O)S/C(=C\c3ccc(Br)cc3)C2=O)cc1. The zero-order valence-electron chi connectivity index (χ0n) is 13.9. The lowest BCUT2D eigenvalue weighted by atomic mass is 10.1. The van der Waals surface area contributed by atoms with Crippen molar-refractivity contribution in [1.29, 1.82) is 0 Å². The Morgan fingerprint density at radius 1 is 1.04 bits per heavy atom. The summed E-state index contributed by atoms with van der Waals surface area (Å²) >= 11 is 4.37. The summed E-state index contributed by atoms with van der Waals surface area (Å²) in [4.78, 5) is 26.7. The molecule has 128 valence electrons. The average molecular weight is 416 g/mol. The summed E-state index contributed by atoms with van der Waals surface area (Å²) in [5.41, 5.74) is 2.74. The van der Waals surface area contributed by atoms with Crippen molar-refractivity contribution in [2.75, 3.05) is 4.90 Å². The van der Waals surface area contributed by atoms with Crippen molar-refractivity contribution in [1.82, 2.24) is 0 Å². The number of carbonyl (C=O) groups is 2. The van der Waals surface area contributed by atoms with Crippen molar-refractivity contribution in [3.8, 4) is 0 Å². The number of nitrogens with zero attached hydrogens (tertiary/aromatic N) is 1. The van der Waals surface area contributed by atoms with Crippen LogP contribution in [0, 0.1) is 0 Å². The predicted octanol–water partition coefficient (Wildman–Crippen LogP) is 6.03. The molecule has 2 aromatic rings. The molecule has 3 nitrogen and oxygen atoms in total. The van der Waals surface area contributed by atoms with Crippen LogP contribution in [-0.2, 0) is 11.2 Å². The van der Waals surface area contributed by atoms with Crippen LogP contribution in [0.1, 0.15) is 30.9 Å². The molecule has 0 saturated carbocycles. The lowest BCUT2D eigenvalue weighted by Crippen LogP contribution is -2.27. The van der Waals surface area contributed by atoms with Gasteiger partial charge in [0.15, 0.2) is 0 Å². The zero-order valence-corrected chi connectivity index (χ0v) is 16.3. The van der Waals surface area contributed by atoms with E-state index in [1.54, 1.807) is 6.08 Å². The third-order valence-corrected chi connectivity index (χ3v) is 5.37. The van der Waals surface area contributed by atoms with Gasteiger partial charge in [-0.3, -0.25) is 9.59 Å². The number of anilines is 1. The molecule has 0 radical (unpaired) electrons. The first-order valence-corrected chi connectivity index (χ1v) is 9.82. The number of hydrogen-bond acceptors (Lipinski definition) is 3. The van der Waals surface area contributed by atoms with Crippen LogP contribution in [0.4, 0.5) is 10.5 Å². The van der Waals surface area contributed by atoms with E-state index < -0.39 is 0 Å². The second kappa shape index (κ2) is 8.02. The minimum atomic E-state index is -0.265. The van der Waals surface area contributed by atoms with Crippen LogP contribution in [0.2, 0.25) is 0 Å². The zero-order chi connectivity index (χ0) is 17.8. The van der Waals surface area contributed by atoms with Gasteiger partial charge in [0.1, 0.15) is 0 Å². The van der Waals surface area contributed by atoms with Crippen LogP contribution in [0.25, 0.3) is 6.08 Å². The Hall–Kier alpha value is -1.85. The molecule has 0 unspecified atom stereocenters. The molecule has 0 bridgehead atoms. The van der Waals surface area contributed by atoms with Crippen LogP contribution in [0.5, 0.6) is 0 Å². The number of unbranched alkanes of at least 4 members (excludes halogenated alkanes) is 1. The molecule has 2 amide bonds. The molecule has 25 heavy (non-hydrogen) atoms. The Labute approximate surface area is 160 Å². The predicted molar refractivity (Wildman–Crippen MR) is 108 cm³/mol. The lowest BCUT2D eigenvalue weighted by molar-refractivity contribution is -0.113. The minimum Gasteiger partial charge on any atom is -0.268 e. The van der Waals surface area contributed by atoms with E-state index in [1.165, 1.54) is 10.5 Å². The van der Waals surface area contributed by atoms with Crippen molar-refractivity contribution in [3.05, 3.63) is 69.0 Å². The first kappa shape index (κ1) is 18.0. The van der Waals surface area contributed by atoms with Gasteiger partial charge in [0.05, 0.1) is 10.6 Å². The maximum absolute atomic E-state index is 12.7. The molecule has 0 aromatic heterocycles. The third kappa shape index (κ3) is 4.22. The van der Waals surface area contributed by atoms with Gasteiger partial charge in [0.25, 0.3) is 11.1 Å². The van der Waals surface area contributed by atoms with Crippen molar-refractivity contribution in [3.63, 3.8) is 0 Å². The van der Waals surface area contributed by atoms with Crippen LogP contribution >= 0.6 is 27.7 Å². The largest absolute Gasteiger partial charge is 0.298 e. The summed E-state index contributed by atoms with van der Waals surface area (Å²) in [7, 11) is 0. The standard InChI is InChI=1S/C20H18BrNO2S/c1-2-3-4-14-7-11-17(12-8-14)22-19(23)18(25-20(22)24)13-15-5-9-16(21)10-6-15/h5-13H,2-4H2,1H3/b18-13-. The molecule has 1 saturated heterocycles. The number of benzene rings is 2. The van der Waals surface area contributed by atoms with Crippen molar-refractivity contribution in [2.45, 2.75) is 26.2 Å². The molecule has 2 aromatic carbocycles. The molecule has 0 aliphatic carbocycles. The summed E-state index contributed by atoms with van der Waals surface area (Å²) in [6.07, 6.45) is 5.05. The normalized spacial score (nSPS) is 16.1. The fourth-order valence-corrected chi connectivity index (χ4v) is 3.70. The number of halogens is 1. The van der Waals surface area contributed by atoms with E-state index >= 15 is 0 Å². The van der Waals surface area contributed by atoms with Crippen molar-refractivity contribution in [2.24, 2.45) is 0 Å². The average Bonchev–Trinajstić information content (AvgIpc) is 2.89. The highest BCUT2D eigenvalue weighted by Gasteiger charge is 2.36. The van der Waals surface area contributed by atoms with E-state index in [9.17, 15) is 9.59 Å². The van der Waals surface area contributed by atoms with Gasteiger partial charge in [0, 0.05) is 4.47 Å². The van der Waals surface area contributed by atoms with Gasteiger partial charge in [-0.15, -0.1) is 0 Å². The van der Waals surface area contributed by atoms with Gasteiger partial charge in [-0.1, -0.05) is 53.5 Å². The van der Waals surface area contributed by atoms with Crippen molar-refractivity contribution < 1.29 is 9.59 Å². The summed E-state index contributed by atoms with van der Waals surface area (Å²) < 4.78 is 0.973. The number of hydrogen-bond donors (Lipinski definition) is 0. The molecule has 0 atom stereocenters. The van der Waals surface area contributed by atoms with E-state index in [0.717, 1.165) is 41.1 Å². The quantitative estimate of drug-likeness (QED) is 0.559. The van der Waals surface area contributed by atoms with Gasteiger partial charge >= 0.3 is 0 Å². The Bertz CT molecular complexity index is 813. The molecular weight excluding hydrogens is 398 g/mol. The second-order valence-electron chi connectivity index (χ2n) is 5.84. The highest BCUT2D eigenvalue weighted by atomic mass is 79.9. The summed E-state index contributed by atoms with van der Waals surface area (Å²) in [5.74, 6) is -0.265. The Kier molecular flexibility index (Phi) is 5.76. The number of amides is 2. The minimum absolute atomic E-state index is 0.255. The molecule has 1 aliphatic rings. The maximum Gasteiger partial charge on any atom is 0.298 e. The molecule has 1 aliphatic heterocycles. The monoisotopic (exact) mass is 415 g/mol. The van der Waals surface area contributed by atoms with E-state index in [1.807, 2.05) is 48.5 Å². The van der Waals surface area contributed by atoms with E-state index in [-0.39, 0.29) is 11.1 Å². The number of imide groups is 1. The molecule has 0 spiro atoms. The number of aryl methyl sites for hydroxylation is 1. The van der Waals surface area contributed by atoms with Crippen molar-refractivity contribution >= 4 is 50.6 Å². The maximum atomic E-state index is 12.7.